The Hall–Kier alpha value is -1.92. The van der Waals surface area contributed by atoms with E-state index in [4.69, 9.17) is 5.11 Å². The van der Waals surface area contributed by atoms with Gasteiger partial charge in [-0.3, -0.25) is 4.79 Å². The van der Waals surface area contributed by atoms with Crippen LogP contribution in [0.5, 0.6) is 0 Å². The summed E-state index contributed by atoms with van der Waals surface area (Å²) in [6, 6.07) is 0.273. The Bertz CT molecular complexity index is 483. The van der Waals surface area contributed by atoms with Crippen LogP contribution in [0.15, 0.2) is 6.20 Å². The molecular formula is C12H18N4O3. The maximum atomic E-state index is 12.2. The van der Waals surface area contributed by atoms with E-state index in [9.17, 15) is 9.59 Å². The molecule has 1 amide bonds. The maximum Gasteiger partial charge on any atom is 0.358 e. The number of likely N-dealkylation sites (tertiary alicyclic amines) is 1. The number of rotatable bonds is 4. The highest BCUT2D eigenvalue weighted by Gasteiger charge is 2.30. The van der Waals surface area contributed by atoms with Crippen molar-refractivity contribution in [2.24, 2.45) is 5.92 Å². The number of aromatic nitrogens is 3. The molecule has 1 N–H and O–H groups in total. The normalized spacial score (nSPS) is 19.1. The molecule has 1 fully saturated rings. The van der Waals surface area contributed by atoms with Gasteiger partial charge in [0, 0.05) is 12.6 Å². The van der Waals surface area contributed by atoms with Gasteiger partial charge in [-0.2, -0.15) is 0 Å². The fourth-order valence-corrected chi connectivity index (χ4v) is 2.50. The number of carbonyl (C=O) groups is 2. The Morgan fingerprint density at radius 2 is 2.26 bits per heavy atom. The lowest BCUT2D eigenvalue weighted by molar-refractivity contribution is -0.133. The van der Waals surface area contributed by atoms with E-state index < -0.39 is 5.97 Å². The average Bonchev–Trinajstić information content (AvgIpc) is 2.96. The lowest BCUT2D eigenvalue weighted by Crippen LogP contribution is -2.40. The standard InChI is InChI=1S/C12H18N4O3/c1-8(2)10-4-3-5-16(10)11(17)7-15-6-9(12(18)19)13-14-15/h6,8,10H,3-5,7H2,1-2H3,(H,18,19). The highest BCUT2D eigenvalue weighted by Crippen LogP contribution is 2.23. The molecule has 0 saturated carbocycles. The van der Waals surface area contributed by atoms with E-state index in [2.05, 4.69) is 24.2 Å². The number of carbonyl (C=O) groups excluding carboxylic acids is 1. The molecule has 19 heavy (non-hydrogen) atoms. The van der Waals surface area contributed by atoms with Crippen molar-refractivity contribution in [3.05, 3.63) is 11.9 Å². The van der Waals surface area contributed by atoms with Crippen molar-refractivity contribution in [2.75, 3.05) is 6.54 Å². The molecule has 1 aliphatic heterocycles. The topological polar surface area (TPSA) is 88.3 Å². The monoisotopic (exact) mass is 266 g/mol. The summed E-state index contributed by atoms with van der Waals surface area (Å²) >= 11 is 0. The Kier molecular flexibility index (Phi) is 3.82. The van der Waals surface area contributed by atoms with Gasteiger partial charge in [-0.25, -0.2) is 9.48 Å². The molecule has 7 heteroatoms. The molecule has 0 bridgehead atoms. The number of aromatic carboxylic acids is 1. The average molecular weight is 266 g/mol. The van der Waals surface area contributed by atoms with Crippen LogP contribution in [-0.2, 0) is 11.3 Å². The van der Waals surface area contributed by atoms with Gasteiger partial charge in [0.1, 0.15) is 6.54 Å². The molecule has 1 aromatic rings. The van der Waals surface area contributed by atoms with Crippen LogP contribution in [-0.4, -0.2) is 49.5 Å². The van der Waals surface area contributed by atoms with Crippen LogP contribution in [0.2, 0.25) is 0 Å². The molecule has 1 unspecified atom stereocenters. The number of carboxylic acid groups (broad SMARTS) is 1. The zero-order valence-electron chi connectivity index (χ0n) is 11.1. The zero-order chi connectivity index (χ0) is 14.0. The first-order valence-corrected chi connectivity index (χ1v) is 6.42. The molecule has 7 nitrogen and oxygen atoms in total. The van der Waals surface area contributed by atoms with Gasteiger partial charge in [-0.1, -0.05) is 19.1 Å². The second-order valence-electron chi connectivity index (χ2n) is 5.15. The van der Waals surface area contributed by atoms with Crippen LogP contribution in [0, 0.1) is 5.92 Å². The smallest absolute Gasteiger partial charge is 0.358 e. The second kappa shape index (κ2) is 5.38. The van der Waals surface area contributed by atoms with Crippen molar-refractivity contribution >= 4 is 11.9 Å². The molecule has 2 rings (SSSR count). The van der Waals surface area contributed by atoms with Crippen LogP contribution in [0.4, 0.5) is 0 Å². The lowest BCUT2D eigenvalue weighted by Gasteiger charge is -2.27. The molecule has 2 heterocycles. The van der Waals surface area contributed by atoms with Gasteiger partial charge in [-0.15, -0.1) is 5.10 Å². The number of nitrogens with zero attached hydrogens (tertiary/aromatic N) is 4. The third kappa shape index (κ3) is 2.91. The van der Waals surface area contributed by atoms with Crippen LogP contribution < -0.4 is 0 Å². The predicted molar refractivity (Wildman–Crippen MR) is 66.6 cm³/mol. The number of carboxylic acids is 1. The molecule has 0 aliphatic carbocycles. The largest absolute Gasteiger partial charge is 0.476 e. The summed E-state index contributed by atoms with van der Waals surface area (Å²) in [6.45, 7) is 5.02. The summed E-state index contributed by atoms with van der Waals surface area (Å²) < 4.78 is 1.28. The molecule has 1 aromatic heterocycles. The van der Waals surface area contributed by atoms with E-state index >= 15 is 0 Å². The quantitative estimate of drug-likeness (QED) is 0.863. The van der Waals surface area contributed by atoms with Crippen LogP contribution in [0.3, 0.4) is 0 Å². The summed E-state index contributed by atoms with van der Waals surface area (Å²) in [6.07, 6.45) is 3.33. The first kappa shape index (κ1) is 13.5. The minimum absolute atomic E-state index is 0.0296. The minimum atomic E-state index is -1.14. The van der Waals surface area contributed by atoms with Crippen molar-refractivity contribution in [3.63, 3.8) is 0 Å². The van der Waals surface area contributed by atoms with Gasteiger partial charge in [-0.05, 0) is 18.8 Å². The Morgan fingerprint density at radius 3 is 2.84 bits per heavy atom. The molecule has 0 radical (unpaired) electrons. The second-order valence-corrected chi connectivity index (χ2v) is 5.15. The van der Waals surface area contributed by atoms with E-state index in [1.54, 1.807) is 0 Å². The predicted octanol–water partition coefficient (Wildman–Crippen LogP) is 0.623. The number of amides is 1. The van der Waals surface area contributed by atoms with E-state index in [-0.39, 0.29) is 24.2 Å². The fourth-order valence-electron chi connectivity index (χ4n) is 2.50. The van der Waals surface area contributed by atoms with E-state index in [0.717, 1.165) is 19.4 Å². The summed E-state index contributed by atoms with van der Waals surface area (Å²) in [4.78, 5) is 24.8. The highest BCUT2D eigenvalue weighted by molar-refractivity contribution is 5.84. The summed E-state index contributed by atoms with van der Waals surface area (Å²) in [5, 5.41) is 15.9. The SMILES string of the molecule is CC(C)C1CCCN1C(=O)Cn1cc(C(=O)O)nn1. The molecule has 1 atom stereocenters. The number of hydrogen-bond donors (Lipinski definition) is 1. The lowest BCUT2D eigenvalue weighted by atomic mass is 10.0. The van der Waals surface area contributed by atoms with Gasteiger partial charge in [0.2, 0.25) is 5.91 Å². The molecule has 0 spiro atoms. The van der Waals surface area contributed by atoms with Crippen molar-refractivity contribution < 1.29 is 14.7 Å². The molecular weight excluding hydrogens is 248 g/mol. The maximum absolute atomic E-state index is 12.2. The summed E-state index contributed by atoms with van der Waals surface area (Å²) in [5.74, 6) is -0.741. The number of hydrogen-bond acceptors (Lipinski definition) is 4. The van der Waals surface area contributed by atoms with Crippen molar-refractivity contribution in [1.29, 1.82) is 0 Å². The van der Waals surface area contributed by atoms with Crippen LogP contribution >= 0.6 is 0 Å². The summed E-state index contributed by atoms with van der Waals surface area (Å²) in [5.41, 5.74) is -0.144. The van der Waals surface area contributed by atoms with Gasteiger partial charge in [0.05, 0.1) is 6.20 Å². The van der Waals surface area contributed by atoms with E-state index in [0.29, 0.717) is 5.92 Å². The van der Waals surface area contributed by atoms with Crippen molar-refractivity contribution in [1.82, 2.24) is 19.9 Å². The Labute approximate surface area is 111 Å². The third-order valence-electron chi connectivity index (χ3n) is 3.44. The molecule has 104 valence electrons. The van der Waals surface area contributed by atoms with Gasteiger partial charge >= 0.3 is 5.97 Å². The minimum Gasteiger partial charge on any atom is -0.476 e. The Balaban J connectivity index is 2.02. The van der Waals surface area contributed by atoms with Crippen molar-refractivity contribution in [2.45, 2.75) is 39.3 Å². The van der Waals surface area contributed by atoms with Crippen LogP contribution in [0.25, 0.3) is 0 Å². The summed E-state index contributed by atoms with van der Waals surface area (Å²) in [7, 11) is 0. The van der Waals surface area contributed by atoms with E-state index in [1.807, 2.05) is 4.90 Å². The fraction of sp³-hybridized carbons (Fsp3) is 0.667. The first-order chi connectivity index (χ1) is 8.99. The van der Waals surface area contributed by atoms with Crippen LogP contribution in [0.1, 0.15) is 37.2 Å². The first-order valence-electron chi connectivity index (χ1n) is 6.42. The highest BCUT2D eigenvalue weighted by atomic mass is 16.4. The molecule has 1 aliphatic rings. The molecule has 1 saturated heterocycles. The van der Waals surface area contributed by atoms with Crippen molar-refractivity contribution in [3.8, 4) is 0 Å². The van der Waals surface area contributed by atoms with E-state index in [1.165, 1.54) is 10.9 Å². The third-order valence-corrected chi connectivity index (χ3v) is 3.44. The zero-order valence-corrected chi connectivity index (χ0v) is 11.1. The van der Waals surface area contributed by atoms with Gasteiger partial charge < -0.3 is 10.0 Å². The molecule has 0 aromatic carbocycles. The van der Waals surface area contributed by atoms with Gasteiger partial charge in [0.15, 0.2) is 5.69 Å². The Morgan fingerprint density at radius 1 is 1.53 bits per heavy atom. The van der Waals surface area contributed by atoms with Gasteiger partial charge in [0.25, 0.3) is 0 Å².